The number of ether oxygens (including phenoxy) is 9. The van der Waals surface area contributed by atoms with Gasteiger partial charge in [-0.2, -0.15) is 0 Å². The van der Waals surface area contributed by atoms with E-state index in [0.29, 0.717) is 63.4 Å². The molecule has 34 nitrogen and oxygen atoms in total. The lowest BCUT2D eigenvalue weighted by molar-refractivity contribution is -0.265. The van der Waals surface area contributed by atoms with Crippen molar-refractivity contribution in [2.24, 2.45) is 41.4 Å². The minimum Gasteiger partial charge on any atom is -0.480 e. The zero-order valence-electron chi connectivity index (χ0n) is 75.5. The van der Waals surface area contributed by atoms with Crippen LogP contribution in [0.2, 0.25) is 0 Å². The molecule has 3 aliphatic heterocycles. The van der Waals surface area contributed by atoms with Crippen LogP contribution in [0.25, 0.3) is 11.1 Å². The molecule has 0 unspecified atom stereocenters. The van der Waals surface area contributed by atoms with Crippen LogP contribution in [0, 0.1) is 41.4 Å². The molecule has 2 saturated heterocycles. The van der Waals surface area contributed by atoms with Gasteiger partial charge < -0.3 is 110 Å². The Balaban J connectivity index is 0.903. The van der Waals surface area contributed by atoms with E-state index < -0.39 is 199 Å². The van der Waals surface area contributed by atoms with Crippen LogP contribution in [0.1, 0.15) is 169 Å². The molecule has 0 spiro atoms. The van der Waals surface area contributed by atoms with Crippen molar-refractivity contribution in [1.29, 1.82) is 0 Å². The smallest absolute Gasteiger partial charge is 0.480 e. The first kappa shape index (κ1) is 108. The van der Waals surface area contributed by atoms with Gasteiger partial charge in [0.05, 0.1) is 43.7 Å². The maximum Gasteiger partial charge on any atom is 0.508 e. The molecule has 718 valence electrons. The number of benzene rings is 2. The van der Waals surface area contributed by atoms with Crippen LogP contribution >= 0.6 is 33.3 Å². The number of carboxylic acid groups (broad SMARTS) is 1. The number of carbonyl (C=O) groups is 12. The van der Waals surface area contributed by atoms with Gasteiger partial charge in [0.2, 0.25) is 29.4 Å². The Morgan fingerprint density at radius 1 is 0.690 bits per heavy atom. The summed E-state index contributed by atoms with van der Waals surface area (Å²) in [6.45, 7) is 11.4. The summed E-state index contributed by atoms with van der Waals surface area (Å²) < 4.78 is 52.5. The van der Waals surface area contributed by atoms with Crippen LogP contribution < -0.4 is 21.3 Å². The van der Waals surface area contributed by atoms with Crippen LogP contribution in [0.3, 0.4) is 0 Å². The number of aliphatic carboxylic acids is 1. The molecule has 2 aliphatic carbocycles. The quantitative estimate of drug-likeness (QED) is 0.00812. The number of piperidine rings is 1. The molecular weight excluding hydrogens is 1740 g/mol. The molecule has 37 heteroatoms. The zero-order valence-corrected chi connectivity index (χ0v) is 77.9. The van der Waals surface area contributed by atoms with E-state index in [9.17, 15) is 93.3 Å². The van der Waals surface area contributed by atoms with Gasteiger partial charge in [0, 0.05) is 113 Å². The Morgan fingerprint density at radius 2 is 1.36 bits per heavy atom. The molecule has 0 aromatic heterocycles. The predicted molar refractivity (Wildman–Crippen MR) is 480 cm³/mol. The number of thioether (sulfide) groups is 1. The Kier molecular flexibility index (Phi) is 45.4. The van der Waals surface area contributed by atoms with E-state index in [-0.39, 0.29) is 118 Å². The maximum absolute atomic E-state index is 14.8. The number of amides is 5. The van der Waals surface area contributed by atoms with Gasteiger partial charge in [-0.05, 0) is 147 Å². The number of hydrogen-bond acceptors (Lipinski definition) is 31. The highest BCUT2D eigenvalue weighted by molar-refractivity contribution is 8.76. The second-order valence-electron chi connectivity index (χ2n) is 34.2. The molecule has 22 atom stereocenters. The lowest BCUT2D eigenvalue weighted by Crippen LogP contribution is -2.61. The first-order valence-corrected chi connectivity index (χ1v) is 47.7. The number of esters is 1. The lowest BCUT2D eigenvalue weighted by atomic mass is 9.78. The third-order valence-corrected chi connectivity index (χ3v) is 27.6. The molecule has 2 bridgehead atoms. The number of ketones is 3. The van der Waals surface area contributed by atoms with Crippen LogP contribution in [-0.4, -0.2) is 298 Å². The number of nitrogens with one attached hydrogen (secondary N) is 4. The summed E-state index contributed by atoms with van der Waals surface area (Å²) in [5, 5.41) is 92.2. The van der Waals surface area contributed by atoms with E-state index >= 15 is 0 Å². The highest BCUT2D eigenvalue weighted by atomic mass is 33.1. The van der Waals surface area contributed by atoms with Gasteiger partial charge in [-0.15, -0.1) is 0 Å². The Bertz CT molecular complexity index is 4140. The number of methoxy groups -OCH3 is 3. The van der Waals surface area contributed by atoms with E-state index in [1.54, 1.807) is 40.9 Å². The number of allylic oxidation sites excluding steroid dienone is 6. The number of hydrogen-bond donors (Lipinski definition) is 12. The molecule has 1 saturated carbocycles. The minimum atomic E-state index is -2.52. The van der Waals surface area contributed by atoms with Gasteiger partial charge in [-0.25, -0.2) is 19.2 Å². The van der Waals surface area contributed by atoms with Crippen LogP contribution in [0.15, 0.2) is 96.1 Å². The Labute approximate surface area is 766 Å². The summed E-state index contributed by atoms with van der Waals surface area (Å²) in [7, 11) is 6.53. The number of carboxylic acids is 1. The highest BCUT2D eigenvalue weighted by Crippen LogP contribution is 2.45. The summed E-state index contributed by atoms with van der Waals surface area (Å²) in [6.07, 6.45) is 0.335. The van der Waals surface area contributed by atoms with Crippen molar-refractivity contribution in [1.82, 2.24) is 26.2 Å². The van der Waals surface area contributed by atoms with Gasteiger partial charge in [-0.3, -0.25) is 38.4 Å². The van der Waals surface area contributed by atoms with E-state index in [1.165, 1.54) is 21.1 Å². The Hall–Kier alpha value is -7.99. The number of fused-ring (bicyclic) bond motifs is 6. The predicted octanol–water partition coefficient (Wildman–Crippen LogP) is 6.95. The second kappa shape index (κ2) is 54.2. The normalized spacial score (nSPS) is 27.3. The first-order chi connectivity index (χ1) is 61.4. The van der Waals surface area contributed by atoms with E-state index in [0.717, 1.165) is 66.1 Å². The molecular formula is C92H133N5O29S3. The van der Waals surface area contributed by atoms with Gasteiger partial charge in [0.1, 0.15) is 80.4 Å². The number of Topliss-reactive ketones (excluding diaryl/α,β-unsaturated/α-hetero) is 3. The number of nitrogens with zero attached hydrogens (tertiary/aromatic N) is 1. The minimum absolute atomic E-state index is 0.00133. The average Bonchev–Trinajstić information content (AvgIpc) is 1.49. The van der Waals surface area contributed by atoms with Crippen molar-refractivity contribution >= 4 is 104 Å². The van der Waals surface area contributed by atoms with Gasteiger partial charge in [-0.1, -0.05) is 148 Å². The van der Waals surface area contributed by atoms with Gasteiger partial charge in [0.25, 0.3) is 11.7 Å². The fourth-order valence-corrected chi connectivity index (χ4v) is 19.2. The summed E-state index contributed by atoms with van der Waals surface area (Å²) >= 11 is 0.761. The SMILES string of the molecule is CO[C@H]1C[C@@H]2CC[C@@H](C)[C@@](O)(O2)C(=O)C(=O)N2CCCC[C@H]2C(=O)O[C@H]([C@H](C)C[C@@H]2CC[C@@H](OCCOC(=O)OCCSSC[C@H](NC(=O)[C@H](CNC(=O)CCSC(=O)OCC3c4ccccc4-c4ccccc43)NC(=O)[C@@H](C)CCC(=O)NC[C@H](O)[C@@H](O)[C@H](O)[C@H](O)CO)C(=O)O)[C@H](OC)C2)CC(=O)[C@H](C)/C=C(\C)[C@@H](O)[C@@H](OC)C(=O)[C@H](C)C[C@H](C)/C=C/C=CC=C1C. The fourth-order valence-electron chi connectivity index (χ4n) is 16.6. The van der Waals surface area contributed by atoms with Crippen LogP contribution in [-0.2, 0) is 90.6 Å². The number of aliphatic hydroxyl groups is 7. The molecule has 12 N–H and O–H groups in total. The number of aliphatic hydroxyl groups excluding tert-OH is 6. The molecule has 5 aliphatic rings. The maximum atomic E-state index is 14.8. The number of carbonyl (C=O) groups excluding carboxylic acids is 11. The van der Waals surface area contributed by atoms with Crippen molar-refractivity contribution in [2.75, 3.05) is 91.3 Å². The molecule has 3 heterocycles. The molecule has 2 aromatic carbocycles. The lowest BCUT2D eigenvalue weighted by Gasteiger charge is -2.42. The molecule has 7 rings (SSSR count). The second-order valence-corrected chi connectivity index (χ2v) is 37.8. The monoisotopic (exact) mass is 1870 g/mol. The van der Waals surface area contributed by atoms with Crippen molar-refractivity contribution in [3.8, 4) is 11.1 Å². The topological polar surface area (TPSA) is 501 Å². The number of cyclic esters (lactones) is 1. The Morgan fingerprint density at radius 3 is 2.03 bits per heavy atom. The van der Waals surface area contributed by atoms with Crippen LogP contribution in [0.4, 0.5) is 9.59 Å². The summed E-state index contributed by atoms with van der Waals surface area (Å²) in [6, 6.07) is 11.2. The zero-order chi connectivity index (χ0) is 94.8. The average molecular weight is 1870 g/mol. The summed E-state index contributed by atoms with van der Waals surface area (Å²) in [5.41, 5.74) is 5.26. The molecule has 2 aromatic rings. The van der Waals surface area contributed by atoms with Crippen LogP contribution in [0.5, 0.6) is 0 Å². The largest absolute Gasteiger partial charge is 0.508 e. The summed E-state index contributed by atoms with van der Waals surface area (Å²) in [4.78, 5) is 165. The first-order valence-electron chi connectivity index (χ1n) is 44.3. The molecule has 129 heavy (non-hydrogen) atoms. The molecule has 3 fully saturated rings. The van der Waals surface area contributed by atoms with E-state index in [4.69, 9.17) is 47.7 Å². The summed E-state index contributed by atoms with van der Waals surface area (Å²) in [5.74, 6) is -15.0. The van der Waals surface area contributed by atoms with E-state index in [2.05, 4.69) is 21.3 Å². The van der Waals surface area contributed by atoms with Crippen molar-refractivity contribution < 1.29 is 141 Å². The van der Waals surface area contributed by atoms with Crippen molar-refractivity contribution in [3.05, 3.63) is 107 Å². The van der Waals surface area contributed by atoms with E-state index in [1.807, 2.05) is 99.7 Å². The third-order valence-electron chi connectivity index (χ3n) is 24.5. The van der Waals surface area contributed by atoms with Gasteiger partial charge in [0.15, 0.2) is 5.78 Å². The number of rotatable bonds is 37. The highest BCUT2D eigenvalue weighted by Gasteiger charge is 2.54. The standard InChI is InChI=1S/C92H133N5O29S3/c1-52-21-13-12-14-22-53(2)74(118-9)45-61-31-29-59(8)92(117,126-61)84(108)87(111)97-35-20-19-27-69(97)89(114)125-75(46-70(99)55(4)42-58(7)80(105)83(120-11)79(104)57(6)41-52)56(5)43-60-30-32-73(76(44-60)119-10)121-36-37-122-90(115)123-38-40-128-129-51-68(88(112)113)96-86(110)67(95-85(109)54(3)28-33-77(102)94-48-71(100)81(106)82(107)72(101)49-98)47-93-78(103)34-39-127-91(116)124-50-66-64-25-17-15-23-62(64)63-24-16-18-26-65(63)66/h12-18,21-26,42,52,54-57,59-61,66-69,71-76,80-83,98,100-101,105-107,117H,19-20,27-41,43-51H2,1-11H3,(H,93,103)(H,94,102)(H,95,109)(H,96,110)(H,112,113)/b14-12?,21-13+,53-22?,58-42+/t52-,54+,55-,56-,57-,59-,60+,61+,67+,68+,69+,71+,72-,73-,74+,75+,76-,80-,81-,82-,83+,92-/m1/s1. The van der Waals surface area contributed by atoms with Gasteiger partial charge >= 0.3 is 23.4 Å². The fraction of sp³-hybridized carbons (Fsp3) is 0.652. The van der Waals surface area contributed by atoms with Crippen molar-refractivity contribution in [2.45, 2.75) is 249 Å². The van der Waals surface area contributed by atoms with Crippen molar-refractivity contribution in [3.63, 3.8) is 0 Å². The molecule has 5 amide bonds. The molecule has 0 radical (unpaired) electrons. The third kappa shape index (κ3) is 32.7.